The van der Waals surface area contributed by atoms with Gasteiger partial charge in [0.25, 0.3) is 5.91 Å². The van der Waals surface area contributed by atoms with Gasteiger partial charge in [-0.05, 0) is 48.9 Å². The van der Waals surface area contributed by atoms with Gasteiger partial charge < -0.3 is 15.8 Å². The van der Waals surface area contributed by atoms with E-state index in [1.165, 1.54) is 11.3 Å². The fourth-order valence-corrected chi connectivity index (χ4v) is 5.00. The third-order valence-electron chi connectivity index (χ3n) is 5.04. The Hall–Kier alpha value is -2.87. The number of hydrogen-bond acceptors (Lipinski definition) is 5. The molecule has 1 saturated heterocycles. The minimum atomic E-state index is -0.489. The first kappa shape index (κ1) is 18.5. The molecule has 3 N–H and O–H groups in total. The predicted molar refractivity (Wildman–Crippen MR) is 107 cm³/mol. The van der Waals surface area contributed by atoms with Gasteiger partial charge in [0.1, 0.15) is 11.6 Å². The van der Waals surface area contributed by atoms with Crippen molar-refractivity contribution in [3.05, 3.63) is 45.8 Å². The van der Waals surface area contributed by atoms with E-state index in [9.17, 15) is 14.4 Å². The molecule has 2 heterocycles. The van der Waals surface area contributed by atoms with Gasteiger partial charge in [-0.25, -0.2) is 4.79 Å². The number of carbonyl (C=O) groups is 3. The van der Waals surface area contributed by atoms with E-state index in [0.29, 0.717) is 23.7 Å². The third kappa shape index (κ3) is 3.60. The predicted octanol–water partition coefficient (Wildman–Crippen LogP) is 2.86. The maximum absolute atomic E-state index is 12.5. The number of nitrogens with zero attached hydrogens (tertiary/aromatic N) is 1. The van der Waals surface area contributed by atoms with E-state index >= 15 is 0 Å². The van der Waals surface area contributed by atoms with E-state index in [-0.39, 0.29) is 18.4 Å². The number of hydrogen-bond donors (Lipinski definition) is 2. The van der Waals surface area contributed by atoms with E-state index in [4.69, 9.17) is 10.5 Å². The zero-order valence-electron chi connectivity index (χ0n) is 15.3. The van der Waals surface area contributed by atoms with Gasteiger partial charge in [-0.1, -0.05) is 12.1 Å². The average Bonchev–Trinajstić information content (AvgIpc) is 3.25. The lowest BCUT2D eigenvalue weighted by Gasteiger charge is -2.13. The fourth-order valence-electron chi connectivity index (χ4n) is 3.69. The molecule has 0 saturated carbocycles. The largest absolute Gasteiger partial charge is 0.447 e. The average molecular weight is 399 g/mol. The molecule has 1 aromatic heterocycles. The Morgan fingerprint density at radius 2 is 1.93 bits per heavy atom. The summed E-state index contributed by atoms with van der Waals surface area (Å²) in [6.07, 6.45) is 3.71. The Morgan fingerprint density at radius 3 is 2.61 bits per heavy atom. The summed E-state index contributed by atoms with van der Waals surface area (Å²) in [5.74, 6) is -0.689. The molecule has 1 aliphatic heterocycles. The lowest BCUT2D eigenvalue weighted by Crippen LogP contribution is -2.23. The number of cyclic esters (lactones) is 1. The molecule has 1 aromatic carbocycles. The molecular formula is C20H21N3O4S. The van der Waals surface area contributed by atoms with Crippen LogP contribution in [0.1, 0.15) is 39.2 Å². The second-order valence-corrected chi connectivity index (χ2v) is 8.04. The highest BCUT2D eigenvalue weighted by Gasteiger charge is 2.25. The van der Waals surface area contributed by atoms with Gasteiger partial charge >= 0.3 is 6.09 Å². The van der Waals surface area contributed by atoms with E-state index in [1.54, 1.807) is 17.0 Å². The molecule has 0 spiro atoms. The van der Waals surface area contributed by atoms with Gasteiger partial charge in [-0.2, -0.15) is 0 Å². The number of benzene rings is 1. The van der Waals surface area contributed by atoms with Crippen LogP contribution in [0, 0.1) is 0 Å². The molecule has 2 aromatic rings. The SMILES string of the molecule is NC(=O)c1c(NC(=O)Cc2ccc(N3CCOC3=O)cc2)sc2c1CCCC2. The van der Waals surface area contributed by atoms with Crippen LogP contribution in [0.15, 0.2) is 24.3 Å². The molecule has 3 amide bonds. The summed E-state index contributed by atoms with van der Waals surface area (Å²) in [5, 5.41) is 3.42. The van der Waals surface area contributed by atoms with Crippen LogP contribution in [0.25, 0.3) is 0 Å². The van der Waals surface area contributed by atoms with Crippen LogP contribution in [0.4, 0.5) is 15.5 Å². The number of primary amides is 1. The van der Waals surface area contributed by atoms with Crippen molar-refractivity contribution in [3.8, 4) is 0 Å². The number of carbonyl (C=O) groups excluding carboxylic acids is 3. The summed E-state index contributed by atoms with van der Waals surface area (Å²) in [6, 6.07) is 7.23. The quantitative estimate of drug-likeness (QED) is 0.807. The number of ether oxygens (including phenoxy) is 1. The molecular weight excluding hydrogens is 378 g/mol. The first-order valence-electron chi connectivity index (χ1n) is 9.30. The molecule has 0 radical (unpaired) electrons. The molecule has 28 heavy (non-hydrogen) atoms. The van der Waals surface area contributed by atoms with Crippen molar-refractivity contribution in [2.75, 3.05) is 23.4 Å². The highest BCUT2D eigenvalue weighted by molar-refractivity contribution is 7.17. The van der Waals surface area contributed by atoms with Crippen molar-refractivity contribution in [2.45, 2.75) is 32.1 Å². The topological polar surface area (TPSA) is 102 Å². The number of rotatable bonds is 5. The summed E-state index contributed by atoms with van der Waals surface area (Å²) in [4.78, 5) is 38.8. The zero-order chi connectivity index (χ0) is 19.7. The number of nitrogens with one attached hydrogen (secondary N) is 1. The molecule has 8 heteroatoms. The first-order chi connectivity index (χ1) is 13.5. The van der Waals surface area contributed by atoms with E-state index in [0.717, 1.165) is 47.4 Å². The number of amides is 3. The van der Waals surface area contributed by atoms with Crippen molar-refractivity contribution >= 4 is 39.9 Å². The third-order valence-corrected chi connectivity index (χ3v) is 6.25. The Kier molecular flexibility index (Phi) is 5.04. The Labute approximate surface area is 166 Å². The van der Waals surface area contributed by atoms with Crippen LogP contribution in [0.2, 0.25) is 0 Å². The van der Waals surface area contributed by atoms with Crippen LogP contribution in [0.5, 0.6) is 0 Å². The van der Waals surface area contributed by atoms with Crippen LogP contribution in [0.3, 0.4) is 0 Å². The minimum Gasteiger partial charge on any atom is -0.447 e. The number of thiophene rings is 1. The van der Waals surface area contributed by atoms with E-state index in [2.05, 4.69) is 5.32 Å². The molecule has 1 aliphatic carbocycles. The maximum Gasteiger partial charge on any atom is 0.414 e. The van der Waals surface area contributed by atoms with Crippen molar-refractivity contribution in [1.82, 2.24) is 0 Å². The molecule has 7 nitrogen and oxygen atoms in total. The van der Waals surface area contributed by atoms with Crippen LogP contribution in [-0.4, -0.2) is 31.1 Å². The Bertz CT molecular complexity index is 936. The molecule has 0 bridgehead atoms. The normalized spacial score (nSPS) is 15.9. The van der Waals surface area contributed by atoms with Gasteiger partial charge in [0.05, 0.1) is 18.5 Å². The summed E-state index contributed by atoms with van der Waals surface area (Å²) >= 11 is 1.46. The van der Waals surface area contributed by atoms with Gasteiger partial charge in [0.15, 0.2) is 0 Å². The molecule has 0 unspecified atom stereocenters. The van der Waals surface area contributed by atoms with E-state index < -0.39 is 5.91 Å². The van der Waals surface area contributed by atoms with Gasteiger partial charge in [0, 0.05) is 10.6 Å². The summed E-state index contributed by atoms with van der Waals surface area (Å²) in [6.45, 7) is 0.910. The second-order valence-electron chi connectivity index (χ2n) is 6.94. The molecule has 146 valence electrons. The van der Waals surface area contributed by atoms with Gasteiger partial charge in [-0.15, -0.1) is 11.3 Å². The number of fused-ring (bicyclic) bond motifs is 1. The van der Waals surface area contributed by atoms with E-state index in [1.807, 2.05) is 12.1 Å². The summed E-state index contributed by atoms with van der Waals surface area (Å²) in [5.41, 5.74) is 8.60. The van der Waals surface area contributed by atoms with Crippen molar-refractivity contribution in [1.29, 1.82) is 0 Å². The first-order valence-corrected chi connectivity index (χ1v) is 10.1. The lowest BCUT2D eigenvalue weighted by molar-refractivity contribution is -0.115. The van der Waals surface area contributed by atoms with Crippen LogP contribution >= 0.6 is 11.3 Å². The smallest absolute Gasteiger partial charge is 0.414 e. The molecule has 4 rings (SSSR count). The monoisotopic (exact) mass is 399 g/mol. The Morgan fingerprint density at radius 1 is 1.18 bits per heavy atom. The highest BCUT2D eigenvalue weighted by Crippen LogP contribution is 2.38. The van der Waals surface area contributed by atoms with Crippen LogP contribution in [-0.2, 0) is 28.8 Å². The highest BCUT2D eigenvalue weighted by atomic mass is 32.1. The fraction of sp³-hybridized carbons (Fsp3) is 0.350. The summed E-state index contributed by atoms with van der Waals surface area (Å²) in [7, 11) is 0. The van der Waals surface area contributed by atoms with Crippen molar-refractivity contribution in [3.63, 3.8) is 0 Å². The summed E-state index contributed by atoms with van der Waals surface area (Å²) < 4.78 is 4.93. The standard InChI is InChI=1S/C20H21N3O4S/c21-18(25)17-14-3-1-2-4-15(14)28-19(17)22-16(24)11-12-5-7-13(8-6-12)23-9-10-27-20(23)26/h5-8H,1-4,9-11H2,(H2,21,25)(H,22,24). The van der Waals surface area contributed by atoms with Crippen molar-refractivity contribution < 1.29 is 19.1 Å². The van der Waals surface area contributed by atoms with Crippen molar-refractivity contribution in [2.24, 2.45) is 5.73 Å². The maximum atomic E-state index is 12.5. The zero-order valence-corrected chi connectivity index (χ0v) is 16.1. The second kappa shape index (κ2) is 7.63. The number of aryl methyl sites for hydroxylation is 1. The molecule has 1 fully saturated rings. The molecule has 0 atom stereocenters. The lowest BCUT2D eigenvalue weighted by atomic mass is 9.95. The van der Waals surface area contributed by atoms with Crippen LogP contribution < -0.4 is 16.0 Å². The Balaban J connectivity index is 1.45. The number of nitrogens with two attached hydrogens (primary N) is 1. The minimum absolute atomic E-state index is 0.172. The molecule has 2 aliphatic rings. The van der Waals surface area contributed by atoms with Gasteiger partial charge in [0.2, 0.25) is 5.91 Å². The number of anilines is 2. The van der Waals surface area contributed by atoms with Gasteiger partial charge in [-0.3, -0.25) is 14.5 Å².